The third-order valence-corrected chi connectivity index (χ3v) is 1.77. The van der Waals surface area contributed by atoms with Crippen molar-refractivity contribution in [2.75, 3.05) is 19.6 Å². The highest BCUT2D eigenvalue weighted by molar-refractivity contribution is 5.79. The molecule has 0 aromatic carbocycles. The summed E-state index contributed by atoms with van der Waals surface area (Å²) in [4.78, 5) is 12.3. The number of nitrogens with zero attached hydrogens (tertiary/aromatic N) is 1. The van der Waals surface area contributed by atoms with E-state index in [-0.39, 0.29) is 0 Å². The predicted molar refractivity (Wildman–Crippen MR) is 47.0 cm³/mol. The molecule has 0 aliphatic carbocycles. The molecule has 0 saturated carbocycles. The van der Waals surface area contributed by atoms with Crippen LogP contribution in [0.5, 0.6) is 0 Å². The lowest BCUT2D eigenvalue weighted by atomic mass is 10.2. The second-order valence-corrected chi connectivity index (χ2v) is 2.76. The van der Waals surface area contributed by atoms with Crippen molar-refractivity contribution in [3.63, 3.8) is 0 Å². The molecule has 66 valence electrons. The quantitative estimate of drug-likeness (QED) is 0.501. The minimum Gasteiger partial charge on any atom is -0.478 e. The van der Waals surface area contributed by atoms with Gasteiger partial charge in [0.05, 0.1) is 0 Å². The first-order chi connectivity index (χ1) is 5.79. The Morgan fingerprint density at radius 3 is 3.00 bits per heavy atom. The van der Waals surface area contributed by atoms with Gasteiger partial charge in [-0.3, -0.25) is 4.90 Å². The van der Waals surface area contributed by atoms with E-state index < -0.39 is 5.97 Å². The molecule has 1 aliphatic heterocycles. The second kappa shape index (κ2) is 4.72. The normalized spacial score (nSPS) is 18.7. The molecule has 3 nitrogen and oxygen atoms in total. The minimum absolute atomic E-state index is 0.733. The van der Waals surface area contributed by atoms with Crippen molar-refractivity contribution in [1.82, 2.24) is 4.90 Å². The molecule has 0 aromatic heterocycles. The van der Waals surface area contributed by atoms with Gasteiger partial charge < -0.3 is 5.11 Å². The largest absolute Gasteiger partial charge is 0.478 e. The third kappa shape index (κ3) is 3.34. The molecule has 0 atom stereocenters. The number of carboxylic acid groups (broad SMARTS) is 1. The van der Waals surface area contributed by atoms with Gasteiger partial charge in [0.1, 0.15) is 0 Å². The highest BCUT2D eigenvalue weighted by Crippen LogP contribution is 1.99. The molecular formula is C9H13NO2. The molecule has 3 heteroatoms. The van der Waals surface area contributed by atoms with Crippen molar-refractivity contribution in [2.45, 2.75) is 6.42 Å². The Labute approximate surface area is 72.0 Å². The van der Waals surface area contributed by atoms with Crippen LogP contribution in [0.2, 0.25) is 0 Å². The summed E-state index contributed by atoms with van der Waals surface area (Å²) >= 11 is 0. The topological polar surface area (TPSA) is 40.5 Å². The van der Waals surface area contributed by atoms with Crippen molar-refractivity contribution in [3.8, 4) is 0 Å². The zero-order valence-corrected chi connectivity index (χ0v) is 6.94. The molecule has 1 heterocycles. The summed E-state index contributed by atoms with van der Waals surface area (Å²) in [5.74, 6) is -0.873. The van der Waals surface area contributed by atoms with E-state index >= 15 is 0 Å². The van der Waals surface area contributed by atoms with E-state index in [2.05, 4.69) is 17.1 Å². The number of hydrogen-bond acceptors (Lipinski definition) is 2. The number of rotatable bonds is 3. The molecule has 0 fully saturated rings. The molecule has 0 aromatic rings. The molecule has 1 N–H and O–H groups in total. The number of carboxylic acids is 1. The summed E-state index contributed by atoms with van der Waals surface area (Å²) in [6, 6.07) is 0. The van der Waals surface area contributed by atoms with Gasteiger partial charge in [-0.15, -0.1) is 0 Å². The fraction of sp³-hybridized carbons (Fsp3) is 0.444. The van der Waals surface area contributed by atoms with Gasteiger partial charge in [0.15, 0.2) is 0 Å². The van der Waals surface area contributed by atoms with Crippen molar-refractivity contribution in [2.24, 2.45) is 0 Å². The fourth-order valence-corrected chi connectivity index (χ4v) is 1.16. The zero-order valence-electron chi connectivity index (χ0n) is 6.94. The zero-order chi connectivity index (χ0) is 8.81. The highest BCUT2D eigenvalue weighted by Gasteiger charge is 2.02. The Hall–Kier alpha value is -1.09. The van der Waals surface area contributed by atoms with Crippen LogP contribution in [0.1, 0.15) is 6.42 Å². The molecule has 1 aliphatic rings. The Kier molecular flexibility index (Phi) is 3.54. The summed E-state index contributed by atoms with van der Waals surface area (Å²) in [7, 11) is 0. The van der Waals surface area contributed by atoms with Crippen LogP contribution in [0.3, 0.4) is 0 Å². The van der Waals surface area contributed by atoms with Crippen LogP contribution in [0, 0.1) is 0 Å². The monoisotopic (exact) mass is 167 g/mol. The lowest BCUT2D eigenvalue weighted by Crippen LogP contribution is -2.27. The predicted octanol–water partition coefficient (Wildman–Crippen LogP) is 0.889. The van der Waals surface area contributed by atoms with E-state index in [1.807, 2.05) is 0 Å². The summed E-state index contributed by atoms with van der Waals surface area (Å²) in [5, 5.41) is 8.32. The molecule has 0 spiro atoms. The first kappa shape index (κ1) is 9.00. The van der Waals surface area contributed by atoms with E-state index in [0.29, 0.717) is 0 Å². The van der Waals surface area contributed by atoms with Crippen molar-refractivity contribution < 1.29 is 9.90 Å². The fourth-order valence-electron chi connectivity index (χ4n) is 1.16. The van der Waals surface area contributed by atoms with E-state index in [9.17, 15) is 4.79 Å². The number of carbonyl (C=O) groups is 1. The average Bonchev–Trinajstić information content (AvgIpc) is 2.05. The van der Waals surface area contributed by atoms with Gasteiger partial charge in [0, 0.05) is 25.7 Å². The summed E-state index contributed by atoms with van der Waals surface area (Å²) in [6.45, 7) is 2.70. The lowest BCUT2D eigenvalue weighted by molar-refractivity contribution is -0.131. The average molecular weight is 167 g/mol. The van der Waals surface area contributed by atoms with Crippen molar-refractivity contribution in [1.29, 1.82) is 0 Å². The molecule has 12 heavy (non-hydrogen) atoms. The number of hydrogen-bond donors (Lipinski definition) is 1. The van der Waals surface area contributed by atoms with Crippen LogP contribution in [0.4, 0.5) is 0 Å². The van der Waals surface area contributed by atoms with Crippen LogP contribution < -0.4 is 0 Å². The minimum atomic E-state index is -0.873. The van der Waals surface area contributed by atoms with Gasteiger partial charge >= 0.3 is 5.97 Å². The highest BCUT2D eigenvalue weighted by atomic mass is 16.4. The van der Waals surface area contributed by atoms with Gasteiger partial charge in [0.2, 0.25) is 0 Å². The van der Waals surface area contributed by atoms with E-state index in [4.69, 9.17) is 5.11 Å². The summed E-state index contributed by atoms with van der Waals surface area (Å²) < 4.78 is 0. The molecule has 0 unspecified atom stereocenters. The standard InChI is InChI=1S/C9H13NO2/c11-9(12)5-4-8-10-6-2-1-3-7-10/h1-2,4-5H,3,6-8H2,(H,11,12)/b5-4+. The molecular weight excluding hydrogens is 154 g/mol. The van der Waals surface area contributed by atoms with Crippen LogP contribution >= 0.6 is 0 Å². The molecule has 0 bridgehead atoms. The molecule has 1 rings (SSSR count). The molecule has 0 saturated heterocycles. The summed E-state index contributed by atoms with van der Waals surface area (Å²) in [6.07, 6.45) is 8.20. The van der Waals surface area contributed by atoms with Crippen LogP contribution in [0.25, 0.3) is 0 Å². The SMILES string of the molecule is O=C(O)/C=C/CN1CC=CCC1. The number of aliphatic carboxylic acids is 1. The van der Waals surface area contributed by atoms with Crippen LogP contribution in [0.15, 0.2) is 24.3 Å². The van der Waals surface area contributed by atoms with Gasteiger partial charge in [-0.05, 0) is 6.42 Å². The first-order valence-electron chi connectivity index (χ1n) is 4.06. The van der Waals surface area contributed by atoms with Gasteiger partial charge in [0.25, 0.3) is 0 Å². The molecule has 0 radical (unpaired) electrons. The van der Waals surface area contributed by atoms with Crippen LogP contribution in [-0.2, 0) is 4.79 Å². The first-order valence-corrected chi connectivity index (χ1v) is 4.06. The lowest BCUT2D eigenvalue weighted by Gasteiger charge is -2.20. The Morgan fingerprint density at radius 1 is 1.58 bits per heavy atom. The maximum Gasteiger partial charge on any atom is 0.328 e. The Morgan fingerprint density at radius 2 is 2.42 bits per heavy atom. The van der Waals surface area contributed by atoms with Gasteiger partial charge in [-0.1, -0.05) is 18.2 Å². The van der Waals surface area contributed by atoms with Crippen LogP contribution in [-0.4, -0.2) is 35.6 Å². The maximum atomic E-state index is 10.1. The van der Waals surface area contributed by atoms with Crippen molar-refractivity contribution in [3.05, 3.63) is 24.3 Å². The van der Waals surface area contributed by atoms with E-state index in [0.717, 1.165) is 26.1 Å². The third-order valence-electron chi connectivity index (χ3n) is 1.77. The Bertz CT molecular complexity index is 209. The van der Waals surface area contributed by atoms with Gasteiger partial charge in [-0.25, -0.2) is 4.79 Å². The maximum absolute atomic E-state index is 10.1. The molecule has 0 amide bonds. The van der Waals surface area contributed by atoms with E-state index in [1.165, 1.54) is 6.08 Å². The van der Waals surface area contributed by atoms with E-state index in [1.54, 1.807) is 6.08 Å². The smallest absolute Gasteiger partial charge is 0.328 e. The van der Waals surface area contributed by atoms with Crippen molar-refractivity contribution >= 4 is 5.97 Å². The second-order valence-electron chi connectivity index (χ2n) is 2.76. The van der Waals surface area contributed by atoms with Gasteiger partial charge in [-0.2, -0.15) is 0 Å². The summed E-state index contributed by atoms with van der Waals surface area (Å²) in [5.41, 5.74) is 0. The Balaban J connectivity index is 2.22.